The second kappa shape index (κ2) is 9.87. The Hall–Kier alpha value is -2.70. The second-order valence-corrected chi connectivity index (χ2v) is 7.17. The molecule has 0 aromatic heterocycles. The summed E-state index contributed by atoms with van der Waals surface area (Å²) in [7, 11) is 0. The zero-order valence-corrected chi connectivity index (χ0v) is 16.9. The normalized spacial score (nSPS) is 12.4. The van der Waals surface area contributed by atoms with Crippen molar-refractivity contribution < 1.29 is 27.4 Å². The van der Waals surface area contributed by atoms with Crippen molar-refractivity contribution >= 4 is 11.6 Å². The predicted molar refractivity (Wildman–Crippen MR) is 109 cm³/mol. The van der Waals surface area contributed by atoms with Crippen LogP contribution in [-0.2, 0) is 11.3 Å². The highest BCUT2D eigenvalue weighted by Crippen LogP contribution is 2.26. The zero-order valence-electron chi connectivity index (χ0n) is 16.2. The molecule has 30 heavy (non-hydrogen) atoms. The maximum absolute atomic E-state index is 12.2. The number of rotatable bonds is 8. The highest BCUT2D eigenvalue weighted by Gasteiger charge is 2.31. The van der Waals surface area contributed by atoms with E-state index in [0.29, 0.717) is 29.7 Å². The molecule has 3 rings (SSSR count). The van der Waals surface area contributed by atoms with E-state index in [1.165, 1.54) is 12.1 Å². The Morgan fingerprint density at radius 2 is 1.53 bits per heavy atom. The van der Waals surface area contributed by atoms with E-state index in [1.54, 1.807) is 36.4 Å². The van der Waals surface area contributed by atoms with Gasteiger partial charge in [0, 0.05) is 10.9 Å². The standard InChI is InChI=1S/C23H20ClF3O3/c1-16(18-5-9-21(10-6-18)30-23(25,26)27)14-28-15-17-3-2-4-22(13-17)29-20-11-7-19(24)8-12-20/h2-13,16H,14-15H2,1H3. The van der Waals surface area contributed by atoms with Crippen molar-refractivity contribution in [1.82, 2.24) is 0 Å². The first-order chi connectivity index (χ1) is 14.3. The maximum Gasteiger partial charge on any atom is 0.573 e. The van der Waals surface area contributed by atoms with Gasteiger partial charge in [-0.2, -0.15) is 0 Å². The fourth-order valence-electron chi connectivity index (χ4n) is 2.79. The van der Waals surface area contributed by atoms with E-state index in [4.69, 9.17) is 21.1 Å². The summed E-state index contributed by atoms with van der Waals surface area (Å²) < 4.78 is 52.2. The van der Waals surface area contributed by atoms with Gasteiger partial charge in [-0.3, -0.25) is 0 Å². The summed E-state index contributed by atoms with van der Waals surface area (Å²) in [5.41, 5.74) is 1.81. The van der Waals surface area contributed by atoms with Gasteiger partial charge < -0.3 is 14.2 Å². The van der Waals surface area contributed by atoms with Crippen molar-refractivity contribution in [2.45, 2.75) is 25.8 Å². The fourth-order valence-corrected chi connectivity index (χ4v) is 2.91. The Kier molecular flexibility index (Phi) is 7.24. The molecule has 0 aliphatic heterocycles. The highest BCUT2D eigenvalue weighted by molar-refractivity contribution is 6.30. The van der Waals surface area contributed by atoms with Crippen LogP contribution in [0.4, 0.5) is 13.2 Å². The van der Waals surface area contributed by atoms with Crippen LogP contribution < -0.4 is 9.47 Å². The van der Waals surface area contributed by atoms with Crippen LogP contribution in [0.2, 0.25) is 5.02 Å². The van der Waals surface area contributed by atoms with Crippen molar-refractivity contribution in [3.8, 4) is 17.2 Å². The largest absolute Gasteiger partial charge is 0.573 e. The molecule has 0 N–H and O–H groups in total. The van der Waals surface area contributed by atoms with E-state index in [-0.39, 0.29) is 11.7 Å². The maximum atomic E-state index is 12.2. The van der Waals surface area contributed by atoms with Crippen molar-refractivity contribution in [2.75, 3.05) is 6.61 Å². The summed E-state index contributed by atoms with van der Waals surface area (Å²) in [5, 5.41) is 0.640. The SMILES string of the molecule is CC(COCc1cccc(Oc2ccc(Cl)cc2)c1)c1ccc(OC(F)(F)F)cc1. The Bertz CT molecular complexity index is 941. The Labute approximate surface area is 178 Å². The smallest absolute Gasteiger partial charge is 0.457 e. The number of hydrogen-bond acceptors (Lipinski definition) is 3. The van der Waals surface area contributed by atoms with Crippen LogP contribution in [0.3, 0.4) is 0 Å². The third kappa shape index (κ3) is 6.97. The Morgan fingerprint density at radius 1 is 0.867 bits per heavy atom. The minimum Gasteiger partial charge on any atom is -0.457 e. The van der Waals surface area contributed by atoms with Crippen LogP contribution in [0.1, 0.15) is 24.0 Å². The Balaban J connectivity index is 1.50. The zero-order chi connectivity index (χ0) is 21.6. The summed E-state index contributed by atoms with van der Waals surface area (Å²) >= 11 is 5.88. The molecule has 0 spiro atoms. The quantitative estimate of drug-likeness (QED) is 0.369. The summed E-state index contributed by atoms with van der Waals surface area (Å²) in [6.45, 7) is 2.75. The summed E-state index contributed by atoms with van der Waals surface area (Å²) in [6, 6.07) is 20.5. The van der Waals surface area contributed by atoms with Gasteiger partial charge in [-0.05, 0) is 59.7 Å². The highest BCUT2D eigenvalue weighted by atomic mass is 35.5. The third-order valence-corrected chi connectivity index (χ3v) is 4.52. The lowest BCUT2D eigenvalue weighted by Gasteiger charge is -2.14. The molecule has 0 bridgehead atoms. The fraction of sp³-hybridized carbons (Fsp3) is 0.217. The molecule has 0 saturated heterocycles. The molecule has 3 aromatic rings. The van der Waals surface area contributed by atoms with Crippen LogP contribution in [0.25, 0.3) is 0 Å². The molecule has 1 unspecified atom stereocenters. The summed E-state index contributed by atoms with van der Waals surface area (Å²) in [6.07, 6.45) is -4.69. The monoisotopic (exact) mass is 436 g/mol. The van der Waals surface area contributed by atoms with Crippen LogP contribution in [0.5, 0.6) is 17.2 Å². The van der Waals surface area contributed by atoms with Crippen molar-refractivity contribution in [3.63, 3.8) is 0 Å². The molecule has 0 amide bonds. The van der Waals surface area contributed by atoms with E-state index in [0.717, 1.165) is 11.1 Å². The lowest BCUT2D eigenvalue weighted by molar-refractivity contribution is -0.274. The van der Waals surface area contributed by atoms with Crippen LogP contribution in [0.15, 0.2) is 72.8 Å². The average Bonchev–Trinajstić information content (AvgIpc) is 2.69. The van der Waals surface area contributed by atoms with Gasteiger partial charge in [-0.25, -0.2) is 0 Å². The van der Waals surface area contributed by atoms with Gasteiger partial charge >= 0.3 is 6.36 Å². The molecule has 7 heteroatoms. The van der Waals surface area contributed by atoms with Crippen LogP contribution >= 0.6 is 11.6 Å². The number of alkyl halides is 3. The molecular formula is C23H20ClF3O3. The first-order valence-corrected chi connectivity index (χ1v) is 9.62. The minimum atomic E-state index is -4.69. The van der Waals surface area contributed by atoms with Gasteiger partial charge in [0.1, 0.15) is 17.2 Å². The van der Waals surface area contributed by atoms with Crippen molar-refractivity contribution in [3.05, 3.63) is 88.9 Å². The lowest BCUT2D eigenvalue weighted by atomic mass is 10.0. The van der Waals surface area contributed by atoms with E-state index in [1.807, 2.05) is 31.2 Å². The number of halogens is 4. The van der Waals surface area contributed by atoms with Gasteiger partial charge in [0.15, 0.2) is 0 Å². The van der Waals surface area contributed by atoms with Gasteiger partial charge in [-0.1, -0.05) is 42.8 Å². The van der Waals surface area contributed by atoms with E-state index >= 15 is 0 Å². The van der Waals surface area contributed by atoms with Gasteiger partial charge in [-0.15, -0.1) is 13.2 Å². The molecule has 0 aliphatic rings. The van der Waals surface area contributed by atoms with Crippen LogP contribution in [-0.4, -0.2) is 13.0 Å². The van der Waals surface area contributed by atoms with E-state index < -0.39 is 6.36 Å². The summed E-state index contributed by atoms with van der Waals surface area (Å²) in [5.74, 6) is 1.14. The van der Waals surface area contributed by atoms with E-state index in [9.17, 15) is 13.2 Å². The van der Waals surface area contributed by atoms with Crippen LogP contribution in [0, 0.1) is 0 Å². The average molecular weight is 437 g/mol. The molecule has 0 heterocycles. The molecule has 158 valence electrons. The Morgan fingerprint density at radius 3 is 2.20 bits per heavy atom. The summed E-state index contributed by atoms with van der Waals surface area (Å²) in [4.78, 5) is 0. The second-order valence-electron chi connectivity index (χ2n) is 6.74. The molecular weight excluding hydrogens is 417 g/mol. The first-order valence-electron chi connectivity index (χ1n) is 9.24. The number of benzene rings is 3. The minimum absolute atomic E-state index is 0.0124. The number of hydrogen-bond donors (Lipinski definition) is 0. The molecule has 3 nitrogen and oxygen atoms in total. The molecule has 0 aliphatic carbocycles. The molecule has 0 radical (unpaired) electrons. The molecule has 1 atom stereocenters. The van der Waals surface area contributed by atoms with Gasteiger partial charge in [0.25, 0.3) is 0 Å². The lowest BCUT2D eigenvalue weighted by Crippen LogP contribution is -2.17. The molecule has 3 aromatic carbocycles. The predicted octanol–water partition coefficient (Wildman–Crippen LogP) is 7.35. The van der Waals surface area contributed by atoms with Crippen molar-refractivity contribution in [1.29, 1.82) is 0 Å². The topological polar surface area (TPSA) is 27.7 Å². The third-order valence-electron chi connectivity index (χ3n) is 4.27. The number of ether oxygens (including phenoxy) is 3. The van der Waals surface area contributed by atoms with Gasteiger partial charge in [0.05, 0.1) is 13.2 Å². The van der Waals surface area contributed by atoms with E-state index in [2.05, 4.69) is 4.74 Å². The molecule has 0 fully saturated rings. The van der Waals surface area contributed by atoms with Gasteiger partial charge in [0.2, 0.25) is 0 Å². The van der Waals surface area contributed by atoms with Crippen molar-refractivity contribution in [2.24, 2.45) is 0 Å². The molecule has 0 saturated carbocycles. The first kappa shape index (κ1) is 22.0.